The fourth-order valence-corrected chi connectivity index (χ4v) is 2.26. The van der Waals surface area contributed by atoms with Crippen LogP contribution in [0.5, 0.6) is 0 Å². The summed E-state index contributed by atoms with van der Waals surface area (Å²) in [7, 11) is 3.92. The molecule has 0 N–H and O–H groups in total. The van der Waals surface area contributed by atoms with Crippen molar-refractivity contribution in [2.75, 3.05) is 19.0 Å². The van der Waals surface area contributed by atoms with E-state index in [1.807, 2.05) is 49.3 Å². The van der Waals surface area contributed by atoms with Crippen molar-refractivity contribution in [3.05, 3.63) is 40.1 Å². The average Bonchev–Trinajstić information content (AvgIpc) is 2.81. The fourth-order valence-electron chi connectivity index (χ4n) is 1.80. The second-order valence-electron chi connectivity index (χ2n) is 4.43. The zero-order chi connectivity index (χ0) is 13.4. The number of aromatic nitrogens is 2. The van der Waals surface area contributed by atoms with Gasteiger partial charge in [0.25, 0.3) is 0 Å². The van der Waals surface area contributed by atoms with Gasteiger partial charge in [-0.05, 0) is 52.9 Å². The first-order valence-corrected chi connectivity index (χ1v) is 6.91. The quantitative estimate of drug-likeness (QED) is 0.653. The molecule has 1 aromatic carbocycles. The normalized spacial score (nSPS) is 10.9. The van der Waals surface area contributed by atoms with Gasteiger partial charge in [0.05, 0.1) is 5.56 Å². The van der Waals surface area contributed by atoms with Crippen LogP contribution in [-0.4, -0.2) is 24.1 Å². The molecule has 0 fully saturated rings. The highest BCUT2D eigenvalue weighted by Crippen LogP contribution is 2.25. The molecule has 0 radical (unpaired) electrons. The van der Waals surface area contributed by atoms with Crippen LogP contribution in [-0.2, 0) is 0 Å². The Hall–Kier alpha value is -1.63. The molecular weight excluding hydrogens is 351 g/mol. The average molecular weight is 363 g/mol. The maximum absolute atomic E-state index is 5.77. The van der Waals surface area contributed by atoms with E-state index in [0.29, 0.717) is 5.89 Å². The smallest absolute Gasteiger partial charge is 0.228 e. The van der Waals surface area contributed by atoms with Gasteiger partial charge in [0.1, 0.15) is 11.3 Å². The molecule has 2 heterocycles. The van der Waals surface area contributed by atoms with Gasteiger partial charge in [0.2, 0.25) is 5.89 Å². The van der Waals surface area contributed by atoms with Crippen molar-refractivity contribution in [2.45, 2.75) is 0 Å². The number of hydrogen-bond acceptors (Lipinski definition) is 4. The molecule has 3 aromatic rings. The number of benzene rings is 1. The fraction of sp³-hybridized carbons (Fsp3) is 0.143. The first-order valence-electron chi connectivity index (χ1n) is 5.83. The molecular formula is C14H12IN3O. The molecule has 0 aliphatic rings. The maximum atomic E-state index is 5.77. The Morgan fingerprint density at radius 1 is 1.16 bits per heavy atom. The van der Waals surface area contributed by atoms with E-state index in [0.717, 1.165) is 26.1 Å². The summed E-state index contributed by atoms with van der Waals surface area (Å²) in [6, 6.07) is 9.88. The minimum absolute atomic E-state index is 0.606. The van der Waals surface area contributed by atoms with Crippen molar-refractivity contribution in [3.63, 3.8) is 0 Å². The SMILES string of the molecule is CN(C)c1ccc(-c2nc3ccc([125I])cc3o2)cn1. The van der Waals surface area contributed by atoms with Gasteiger partial charge < -0.3 is 9.32 Å². The van der Waals surface area contributed by atoms with Gasteiger partial charge in [0, 0.05) is 23.9 Å². The zero-order valence-electron chi connectivity index (χ0n) is 10.6. The highest BCUT2D eigenvalue weighted by Gasteiger charge is 2.09. The van der Waals surface area contributed by atoms with Crippen LogP contribution in [0.2, 0.25) is 0 Å². The highest BCUT2D eigenvalue weighted by atomic mass is 125. The summed E-state index contributed by atoms with van der Waals surface area (Å²) in [6.07, 6.45) is 1.78. The third-order valence-electron chi connectivity index (χ3n) is 2.80. The molecule has 3 rings (SSSR count). The van der Waals surface area contributed by atoms with Gasteiger partial charge >= 0.3 is 0 Å². The molecule has 0 saturated heterocycles. The summed E-state index contributed by atoms with van der Waals surface area (Å²) in [4.78, 5) is 10.8. The Labute approximate surface area is 124 Å². The highest BCUT2D eigenvalue weighted by molar-refractivity contribution is 14.1. The number of fused-ring (bicyclic) bond motifs is 1. The number of oxazole rings is 1. The Bertz CT molecular complexity index is 719. The lowest BCUT2D eigenvalue weighted by atomic mass is 10.3. The van der Waals surface area contributed by atoms with Crippen LogP contribution in [0.15, 0.2) is 40.9 Å². The van der Waals surface area contributed by atoms with Crippen molar-refractivity contribution < 1.29 is 4.42 Å². The number of rotatable bonds is 2. The van der Waals surface area contributed by atoms with Crippen molar-refractivity contribution in [1.29, 1.82) is 0 Å². The predicted octanol–water partition coefficient (Wildman–Crippen LogP) is 3.56. The molecule has 0 bridgehead atoms. The number of pyridine rings is 1. The summed E-state index contributed by atoms with van der Waals surface area (Å²) in [5.74, 6) is 1.52. The van der Waals surface area contributed by atoms with Gasteiger partial charge in [-0.3, -0.25) is 0 Å². The van der Waals surface area contributed by atoms with Crippen molar-refractivity contribution in [2.24, 2.45) is 0 Å². The standard InChI is InChI=1S/C14H12IN3O/c1-18(2)13-6-3-9(8-16-13)14-17-11-5-4-10(15)7-12(11)19-14/h3-8H,1-2H3/i15-2. The number of nitrogens with zero attached hydrogens (tertiary/aromatic N) is 3. The van der Waals surface area contributed by atoms with Crippen LogP contribution in [0, 0.1) is 3.57 Å². The van der Waals surface area contributed by atoms with E-state index in [9.17, 15) is 0 Å². The van der Waals surface area contributed by atoms with E-state index in [1.165, 1.54) is 0 Å². The topological polar surface area (TPSA) is 42.2 Å². The van der Waals surface area contributed by atoms with Gasteiger partial charge in [-0.2, -0.15) is 0 Å². The lowest BCUT2D eigenvalue weighted by molar-refractivity contribution is 0.619. The Morgan fingerprint density at radius 2 is 2.00 bits per heavy atom. The van der Waals surface area contributed by atoms with E-state index in [-0.39, 0.29) is 0 Å². The molecule has 19 heavy (non-hydrogen) atoms. The monoisotopic (exact) mass is 363 g/mol. The first-order chi connectivity index (χ1) is 9.13. The van der Waals surface area contributed by atoms with Crippen LogP contribution < -0.4 is 4.90 Å². The van der Waals surface area contributed by atoms with E-state index < -0.39 is 0 Å². The Kier molecular flexibility index (Phi) is 3.14. The number of halogens is 1. The van der Waals surface area contributed by atoms with E-state index in [2.05, 4.69) is 32.6 Å². The lowest BCUT2D eigenvalue weighted by Crippen LogP contribution is -2.09. The third-order valence-corrected chi connectivity index (χ3v) is 3.47. The molecule has 4 nitrogen and oxygen atoms in total. The predicted molar refractivity (Wildman–Crippen MR) is 84.3 cm³/mol. The van der Waals surface area contributed by atoms with Gasteiger partial charge in [0.15, 0.2) is 5.58 Å². The molecule has 0 unspecified atom stereocenters. The Balaban J connectivity index is 2.03. The second-order valence-corrected chi connectivity index (χ2v) is 5.68. The third kappa shape index (κ3) is 2.42. The maximum Gasteiger partial charge on any atom is 0.228 e. The van der Waals surface area contributed by atoms with Crippen LogP contribution in [0.3, 0.4) is 0 Å². The van der Waals surface area contributed by atoms with Crippen molar-refractivity contribution in [1.82, 2.24) is 9.97 Å². The number of anilines is 1. The van der Waals surface area contributed by atoms with Crippen LogP contribution >= 0.6 is 22.6 Å². The molecule has 0 amide bonds. The molecule has 96 valence electrons. The lowest BCUT2D eigenvalue weighted by Gasteiger charge is -2.10. The van der Waals surface area contributed by atoms with Gasteiger partial charge in [-0.25, -0.2) is 9.97 Å². The molecule has 0 spiro atoms. The van der Waals surface area contributed by atoms with Crippen LogP contribution in [0.25, 0.3) is 22.6 Å². The van der Waals surface area contributed by atoms with Crippen molar-refractivity contribution >= 4 is 39.5 Å². The minimum atomic E-state index is 0.606. The molecule has 0 atom stereocenters. The molecule has 2 aromatic heterocycles. The summed E-state index contributed by atoms with van der Waals surface area (Å²) in [5, 5.41) is 0. The van der Waals surface area contributed by atoms with Gasteiger partial charge in [-0.1, -0.05) is 0 Å². The minimum Gasteiger partial charge on any atom is -0.436 e. The molecule has 0 aliphatic heterocycles. The molecule has 0 saturated carbocycles. The number of hydrogen-bond donors (Lipinski definition) is 0. The van der Waals surface area contributed by atoms with Crippen molar-refractivity contribution in [3.8, 4) is 11.5 Å². The summed E-state index contributed by atoms with van der Waals surface area (Å²) in [6.45, 7) is 0. The second kappa shape index (κ2) is 4.80. The van der Waals surface area contributed by atoms with E-state index >= 15 is 0 Å². The van der Waals surface area contributed by atoms with E-state index in [1.54, 1.807) is 6.20 Å². The molecule has 5 heteroatoms. The van der Waals surface area contributed by atoms with Gasteiger partial charge in [-0.15, -0.1) is 0 Å². The largest absolute Gasteiger partial charge is 0.436 e. The van der Waals surface area contributed by atoms with E-state index in [4.69, 9.17) is 4.42 Å². The summed E-state index contributed by atoms with van der Waals surface area (Å²) >= 11 is 2.26. The first kappa shape index (κ1) is 12.4. The molecule has 0 aliphatic carbocycles. The van der Waals surface area contributed by atoms with Crippen LogP contribution in [0.4, 0.5) is 5.82 Å². The summed E-state index contributed by atoms with van der Waals surface area (Å²) in [5.41, 5.74) is 2.56. The summed E-state index contributed by atoms with van der Waals surface area (Å²) < 4.78 is 6.90. The Morgan fingerprint density at radius 3 is 2.68 bits per heavy atom. The van der Waals surface area contributed by atoms with Crippen LogP contribution in [0.1, 0.15) is 0 Å². The zero-order valence-corrected chi connectivity index (χ0v) is 12.7.